The number of piperidine rings is 1. The number of Topliss-reactive ketones (excluding diaryl/α,β-unsaturated/α-hetero) is 1. The maximum absolute atomic E-state index is 13.3. The van der Waals surface area contributed by atoms with Crippen molar-refractivity contribution in [2.45, 2.75) is 91.1 Å². The molecular weight excluding hydrogens is 486 g/mol. The highest BCUT2D eigenvalue weighted by Gasteiger charge is 2.32. The number of carbonyl (C=O) groups is 4. The molecule has 2 amide bonds. The van der Waals surface area contributed by atoms with Gasteiger partial charge in [-0.1, -0.05) is 50.3 Å². The van der Waals surface area contributed by atoms with E-state index in [0.717, 1.165) is 18.4 Å². The minimum absolute atomic E-state index is 0.0136. The van der Waals surface area contributed by atoms with E-state index in [0.29, 0.717) is 6.42 Å². The van der Waals surface area contributed by atoms with Crippen LogP contribution in [0.5, 0.6) is 0 Å². The van der Waals surface area contributed by atoms with Gasteiger partial charge >= 0.3 is 5.97 Å². The van der Waals surface area contributed by atoms with Crippen molar-refractivity contribution in [2.24, 2.45) is 17.8 Å². The molecule has 8 heteroatoms. The Balaban J connectivity index is 2.15. The first-order valence-corrected chi connectivity index (χ1v) is 16.7. The molecule has 2 heterocycles. The summed E-state index contributed by atoms with van der Waals surface area (Å²) in [6.07, 6.45) is 15.2. The van der Waals surface area contributed by atoms with Crippen molar-refractivity contribution in [3.63, 3.8) is 0 Å². The molecule has 7 nitrogen and oxygen atoms in total. The molecule has 1 N–H and O–H groups in total. The van der Waals surface area contributed by atoms with Gasteiger partial charge in [-0.25, -0.2) is 4.79 Å². The summed E-state index contributed by atoms with van der Waals surface area (Å²) in [5.74, 6) is -1.53. The Morgan fingerprint density at radius 3 is 2.43 bits per heavy atom. The van der Waals surface area contributed by atoms with Crippen molar-refractivity contribution in [3.05, 3.63) is 48.1 Å². The molecule has 0 aromatic rings. The lowest BCUT2D eigenvalue weighted by Gasteiger charge is -2.30. The zero-order valence-electron chi connectivity index (χ0n) is 23.1. The zero-order chi connectivity index (χ0) is 27.6. The average Bonchev–Trinajstić information content (AvgIpc) is 2.76. The third-order valence-electron chi connectivity index (χ3n) is 6.38. The van der Waals surface area contributed by atoms with Gasteiger partial charge in [-0.15, -0.1) is 0 Å². The summed E-state index contributed by atoms with van der Waals surface area (Å²) < 4.78 is 12.1. The fourth-order valence-corrected chi connectivity index (χ4v) is 5.90. The minimum Gasteiger partial charge on any atom is -0.454 e. The van der Waals surface area contributed by atoms with Gasteiger partial charge in [0, 0.05) is 37.2 Å². The fourth-order valence-electron chi connectivity index (χ4n) is 4.72. The van der Waals surface area contributed by atoms with Gasteiger partial charge in [0.2, 0.25) is 11.8 Å². The topological polar surface area (TPSA) is 98.8 Å². The molecule has 0 aromatic heterocycles. The Bertz CT molecular complexity index is 942. The maximum atomic E-state index is 13.3. The van der Waals surface area contributed by atoms with E-state index in [4.69, 9.17) is 9.16 Å². The minimum atomic E-state index is -1.97. The molecule has 0 radical (unpaired) electrons. The second-order valence-corrected chi connectivity index (χ2v) is 15.7. The summed E-state index contributed by atoms with van der Waals surface area (Å²) in [5, 5.41) is 2.34. The number of hydrogen-bond donors (Lipinski definition) is 1. The predicted molar refractivity (Wildman–Crippen MR) is 147 cm³/mol. The Hall–Kier alpha value is -2.58. The Labute approximate surface area is 222 Å². The van der Waals surface area contributed by atoms with Gasteiger partial charge in [-0.05, 0) is 57.3 Å². The van der Waals surface area contributed by atoms with Crippen molar-refractivity contribution in [1.29, 1.82) is 0 Å². The first kappa shape index (κ1) is 30.6. The summed E-state index contributed by atoms with van der Waals surface area (Å²) >= 11 is 0. The number of hydrogen-bond acceptors (Lipinski definition) is 6. The molecule has 1 fully saturated rings. The third kappa shape index (κ3) is 11.6. The van der Waals surface area contributed by atoms with Crippen LogP contribution in [0.4, 0.5) is 0 Å². The van der Waals surface area contributed by atoms with Crippen LogP contribution < -0.4 is 5.32 Å². The first-order valence-electron chi connectivity index (χ1n) is 13.3. The van der Waals surface area contributed by atoms with Gasteiger partial charge in [-0.3, -0.25) is 19.7 Å². The van der Waals surface area contributed by atoms with Crippen molar-refractivity contribution in [2.75, 3.05) is 0 Å². The van der Waals surface area contributed by atoms with Crippen molar-refractivity contribution in [1.82, 2.24) is 5.32 Å². The van der Waals surface area contributed by atoms with Crippen LogP contribution in [-0.4, -0.2) is 44.1 Å². The number of imide groups is 1. The maximum Gasteiger partial charge on any atom is 0.331 e. The second-order valence-electron chi connectivity index (χ2n) is 11.2. The van der Waals surface area contributed by atoms with Crippen LogP contribution >= 0.6 is 0 Å². The number of carbonyl (C=O) groups excluding carboxylic acids is 4. The van der Waals surface area contributed by atoms with E-state index in [-0.39, 0.29) is 54.8 Å². The molecular formula is C29H43NO6Si. The van der Waals surface area contributed by atoms with E-state index >= 15 is 0 Å². The Kier molecular flexibility index (Phi) is 11.9. The highest BCUT2D eigenvalue weighted by molar-refractivity contribution is 6.69. The number of ketones is 1. The van der Waals surface area contributed by atoms with Crippen molar-refractivity contribution >= 4 is 31.9 Å². The summed E-state index contributed by atoms with van der Waals surface area (Å²) in [7, 11) is -1.97. The van der Waals surface area contributed by atoms with E-state index in [2.05, 4.69) is 31.0 Å². The molecule has 1 saturated heterocycles. The molecule has 4 atom stereocenters. The third-order valence-corrected chi connectivity index (χ3v) is 7.42. The van der Waals surface area contributed by atoms with Gasteiger partial charge in [0.15, 0.2) is 8.32 Å². The van der Waals surface area contributed by atoms with Gasteiger partial charge < -0.3 is 9.16 Å². The smallest absolute Gasteiger partial charge is 0.331 e. The first-order chi connectivity index (χ1) is 17.3. The molecule has 1 unspecified atom stereocenters. The highest BCUT2D eigenvalue weighted by atomic mass is 28.4. The number of esters is 1. The lowest BCUT2D eigenvalue weighted by Crippen LogP contribution is -2.41. The van der Waals surface area contributed by atoms with E-state index in [9.17, 15) is 19.2 Å². The summed E-state index contributed by atoms with van der Waals surface area (Å²) in [6.45, 7) is 11.9. The van der Waals surface area contributed by atoms with Gasteiger partial charge in [0.25, 0.3) is 0 Å². The summed E-state index contributed by atoms with van der Waals surface area (Å²) in [6, 6.07) is 0. The summed E-state index contributed by atoms with van der Waals surface area (Å²) in [5.41, 5.74) is 0.818. The van der Waals surface area contributed by atoms with Crippen LogP contribution in [0.25, 0.3) is 0 Å². The van der Waals surface area contributed by atoms with E-state index in [1.54, 1.807) is 0 Å². The summed E-state index contributed by atoms with van der Waals surface area (Å²) in [4.78, 5) is 49.3. The lowest BCUT2D eigenvalue weighted by molar-refractivity contribution is -0.142. The molecule has 2 rings (SSSR count). The molecule has 0 saturated carbocycles. The molecule has 0 aliphatic carbocycles. The van der Waals surface area contributed by atoms with Crippen LogP contribution in [0.15, 0.2) is 48.1 Å². The molecule has 2 aliphatic heterocycles. The molecule has 0 spiro atoms. The van der Waals surface area contributed by atoms with E-state index < -0.39 is 26.3 Å². The molecule has 2 aliphatic rings. The van der Waals surface area contributed by atoms with E-state index in [1.165, 1.54) is 6.08 Å². The van der Waals surface area contributed by atoms with Gasteiger partial charge in [-0.2, -0.15) is 0 Å². The van der Waals surface area contributed by atoms with Crippen LogP contribution in [-0.2, 0) is 28.3 Å². The molecule has 37 heavy (non-hydrogen) atoms. The van der Waals surface area contributed by atoms with Gasteiger partial charge in [0.1, 0.15) is 11.9 Å². The monoisotopic (exact) mass is 529 g/mol. The molecule has 204 valence electrons. The van der Waals surface area contributed by atoms with E-state index in [1.807, 2.05) is 51.2 Å². The van der Waals surface area contributed by atoms with Crippen molar-refractivity contribution < 1.29 is 28.3 Å². The zero-order valence-corrected chi connectivity index (χ0v) is 24.1. The second kappa shape index (κ2) is 14.4. The van der Waals surface area contributed by atoms with Gasteiger partial charge in [0.05, 0.1) is 6.10 Å². The number of ether oxygens (including phenoxy) is 1. The Morgan fingerprint density at radius 1 is 1.14 bits per heavy atom. The van der Waals surface area contributed by atoms with Crippen LogP contribution in [0, 0.1) is 17.8 Å². The molecule has 0 bridgehead atoms. The highest BCUT2D eigenvalue weighted by Crippen LogP contribution is 2.27. The number of cyclic esters (lactones) is 1. The van der Waals surface area contributed by atoms with Crippen LogP contribution in [0.2, 0.25) is 19.6 Å². The fraction of sp³-hybridized carbons (Fsp3) is 0.586. The van der Waals surface area contributed by atoms with Crippen molar-refractivity contribution in [3.8, 4) is 0 Å². The quantitative estimate of drug-likeness (QED) is 0.191. The normalized spacial score (nSPS) is 26.6. The Morgan fingerprint density at radius 2 is 1.78 bits per heavy atom. The SMILES string of the molecule is C/C(=C\[C@H](C)C(=O)C[C@@H](CC1CC(=O)NC(=O)C1)O[Si](C)(C)C)C1OC(=O)/C=C/CC/C=C/C=C\[C@@H]1C. The number of allylic oxidation sites excluding steroid dienone is 5. The standard InChI is InChI=1S/C29H43NO6Si/c1-20-13-11-9-7-8-10-12-14-28(34)35-29(20)22(3)15-21(2)25(31)19-24(36-37(4,5)6)16-23-17-26(32)30-27(33)18-23/h7,9,11-15,20-21,23-24,29H,8,10,16-19H2,1-6H3,(H,30,32,33)/b9-7+,13-11-,14-12+,22-15+/t20-,21-,24+,29?/m0/s1. The lowest BCUT2D eigenvalue weighted by atomic mass is 9.87. The number of nitrogens with one attached hydrogen (secondary N) is 1. The van der Waals surface area contributed by atoms with Crippen LogP contribution in [0.1, 0.15) is 59.3 Å². The number of rotatable bonds is 9. The molecule has 0 aromatic carbocycles. The predicted octanol–water partition coefficient (Wildman–Crippen LogP) is 5.20. The van der Waals surface area contributed by atoms with Crippen LogP contribution in [0.3, 0.4) is 0 Å². The average molecular weight is 530 g/mol. The number of amides is 2. The largest absolute Gasteiger partial charge is 0.454 e.